The molecule has 0 aromatic heterocycles. The number of amides is 4. The van der Waals surface area contributed by atoms with E-state index in [-0.39, 0.29) is 25.1 Å². The fourth-order valence-corrected chi connectivity index (χ4v) is 3.56. The molecule has 0 aliphatic heterocycles. The number of carbonyl (C=O) groups excluding carboxylic acids is 4. The van der Waals surface area contributed by atoms with Crippen LogP contribution in [-0.4, -0.2) is 57.5 Å². The summed E-state index contributed by atoms with van der Waals surface area (Å²) in [6, 6.07) is 2.51. The molecule has 0 saturated heterocycles. The summed E-state index contributed by atoms with van der Waals surface area (Å²) >= 11 is 0. The molecule has 0 heterocycles. The first-order chi connectivity index (χ1) is 16.4. The van der Waals surface area contributed by atoms with E-state index >= 15 is 0 Å². The summed E-state index contributed by atoms with van der Waals surface area (Å²) < 4.78 is 5.31. The quantitative estimate of drug-likeness (QED) is 0.383. The van der Waals surface area contributed by atoms with Crippen LogP contribution in [0.15, 0.2) is 18.2 Å². The van der Waals surface area contributed by atoms with Crippen molar-refractivity contribution in [1.29, 1.82) is 0 Å². The number of ether oxygens (including phenoxy) is 1. The minimum absolute atomic E-state index is 0.0597. The molecule has 10 heteroatoms. The zero-order chi connectivity index (χ0) is 27.8. The maximum atomic E-state index is 13.9. The van der Waals surface area contributed by atoms with E-state index in [1.807, 2.05) is 27.7 Å². The SMILES string of the molecule is CCCN(C(=O)C(CCC(N)=O)NC(=O)OC(C)(C)C)C(C(=O)NC(C)(C)C)c1ccc(O)c(C)c1. The molecule has 0 saturated carbocycles. The van der Waals surface area contributed by atoms with Gasteiger partial charge in [-0.3, -0.25) is 14.4 Å². The molecule has 0 aliphatic rings. The molecule has 0 radical (unpaired) electrons. The summed E-state index contributed by atoms with van der Waals surface area (Å²) in [7, 11) is 0. The Labute approximate surface area is 213 Å². The molecular weight excluding hydrogens is 464 g/mol. The van der Waals surface area contributed by atoms with Gasteiger partial charge in [-0.2, -0.15) is 0 Å². The van der Waals surface area contributed by atoms with Gasteiger partial charge in [-0.15, -0.1) is 0 Å². The number of alkyl carbamates (subject to hydrolysis) is 1. The Morgan fingerprint density at radius 2 is 1.72 bits per heavy atom. The molecule has 2 unspecified atom stereocenters. The summed E-state index contributed by atoms with van der Waals surface area (Å²) in [5, 5.41) is 15.5. The second-order valence-corrected chi connectivity index (χ2v) is 10.9. The molecule has 36 heavy (non-hydrogen) atoms. The number of carbonyl (C=O) groups is 4. The van der Waals surface area contributed by atoms with Crippen LogP contribution in [0.25, 0.3) is 0 Å². The smallest absolute Gasteiger partial charge is 0.408 e. The number of nitrogens with zero attached hydrogens (tertiary/aromatic N) is 1. The van der Waals surface area contributed by atoms with Gasteiger partial charge in [0.25, 0.3) is 0 Å². The number of aromatic hydroxyl groups is 1. The third kappa shape index (κ3) is 10.1. The fraction of sp³-hybridized carbons (Fsp3) is 0.615. The normalized spacial score (nSPS) is 13.3. The predicted octanol–water partition coefficient (Wildman–Crippen LogP) is 3.05. The van der Waals surface area contributed by atoms with Gasteiger partial charge in [0.15, 0.2) is 0 Å². The molecule has 10 nitrogen and oxygen atoms in total. The van der Waals surface area contributed by atoms with Gasteiger partial charge in [0.1, 0.15) is 23.4 Å². The van der Waals surface area contributed by atoms with E-state index in [0.29, 0.717) is 17.5 Å². The Balaban J connectivity index is 3.52. The van der Waals surface area contributed by atoms with Gasteiger partial charge >= 0.3 is 6.09 Å². The minimum atomic E-state index is -1.15. The van der Waals surface area contributed by atoms with Crippen molar-refractivity contribution in [2.45, 2.75) is 97.9 Å². The van der Waals surface area contributed by atoms with Gasteiger partial charge in [-0.05, 0) is 84.6 Å². The number of nitrogens with two attached hydrogens (primary N) is 1. The van der Waals surface area contributed by atoms with Crippen LogP contribution in [-0.2, 0) is 19.1 Å². The molecule has 202 valence electrons. The monoisotopic (exact) mass is 506 g/mol. The van der Waals surface area contributed by atoms with Crippen LogP contribution >= 0.6 is 0 Å². The number of phenols is 1. The molecule has 0 bridgehead atoms. The minimum Gasteiger partial charge on any atom is -0.508 e. The van der Waals surface area contributed by atoms with E-state index in [2.05, 4.69) is 10.6 Å². The van der Waals surface area contributed by atoms with Crippen molar-refractivity contribution < 1.29 is 29.0 Å². The Kier molecular flexibility index (Phi) is 10.8. The average molecular weight is 507 g/mol. The van der Waals surface area contributed by atoms with Crippen LogP contribution < -0.4 is 16.4 Å². The van der Waals surface area contributed by atoms with E-state index in [9.17, 15) is 24.3 Å². The Morgan fingerprint density at radius 1 is 1.11 bits per heavy atom. The van der Waals surface area contributed by atoms with Crippen molar-refractivity contribution in [1.82, 2.24) is 15.5 Å². The Bertz CT molecular complexity index is 949. The van der Waals surface area contributed by atoms with E-state index in [0.717, 1.165) is 0 Å². The van der Waals surface area contributed by atoms with Crippen LogP contribution in [0.5, 0.6) is 5.75 Å². The maximum absolute atomic E-state index is 13.9. The molecule has 4 amide bonds. The lowest BCUT2D eigenvalue weighted by molar-refractivity contribution is -0.143. The summed E-state index contributed by atoms with van der Waals surface area (Å²) in [6.07, 6.45) is -0.506. The number of hydrogen-bond donors (Lipinski definition) is 4. The molecule has 0 fully saturated rings. The number of rotatable bonds is 10. The van der Waals surface area contributed by atoms with Gasteiger partial charge in [-0.1, -0.05) is 13.0 Å². The zero-order valence-electron chi connectivity index (χ0n) is 22.7. The Hall–Kier alpha value is -3.30. The molecule has 5 N–H and O–H groups in total. The summed E-state index contributed by atoms with van der Waals surface area (Å²) in [5.41, 5.74) is 4.97. The fourth-order valence-electron chi connectivity index (χ4n) is 3.56. The molecule has 1 aromatic rings. The molecule has 1 aromatic carbocycles. The van der Waals surface area contributed by atoms with Crippen LogP contribution in [0.1, 0.15) is 84.9 Å². The highest BCUT2D eigenvalue weighted by molar-refractivity contribution is 5.92. The topological polar surface area (TPSA) is 151 Å². The standard InChI is InChI=1S/C26H42N4O6/c1-9-14-30(23(34)18(11-13-20(27)32)28-24(35)36-26(6,7)8)21(22(33)29-25(3,4)5)17-10-12-19(31)16(2)15-17/h10,12,15,18,21,31H,9,11,13-14H2,1-8H3,(H2,27,32)(H,28,35)(H,29,33). The van der Waals surface area contributed by atoms with Gasteiger partial charge in [-0.25, -0.2) is 4.79 Å². The first kappa shape index (κ1) is 30.7. The van der Waals surface area contributed by atoms with Crippen LogP contribution in [0, 0.1) is 6.92 Å². The first-order valence-electron chi connectivity index (χ1n) is 12.1. The van der Waals surface area contributed by atoms with Crippen molar-refractivity contribution in [3.8, 4) is 5.75 Å². The van der Waals surface area contributed by atoms with Crippen LogP contribution in [0.4, 0.5) is 4.79 Å². The second-order valence-electron chi connectivity index (χ2n) is 10.9. The van der Waals surface area contributed by atoms with Gasteiger partial charge in [0.2, 0.25) is 17.7 Å². The summed E-state index contributed by atoms with van der Waals surface area (Å²) in [4.78, 5) is 52.8. The zero-order valence-corrected chi connectivity index (χ0v) is 22.7. The lowest BCUT2D eigenvalue weighted by Gasteiger charge is -2.36. The van der Waals surface area contributed by atoms with E-state index in [1.165, 1.54) is 11.0 Å². The molecule has 1 rings (SSSR count). The van der Waals surface area contributed by atoms with Crippen molar-refractivity contribution in [3.63, 3.8) is 0 Å². The average Bonchev–Trinajstić information content (AvgIpc) is 2.70. The number of nitrogens with one attached hydrogen (secondary N) is 2. The Morgan fingerprint density at radius 3 is 2.19 bits per heavy atom. The van der Waals surface area contributed by atoms with Crippen molar-refractivity contribution in [2.75, 3.05) is 6.54 Å². The number of benzene rings is 1. The number of primary amides is 1. The molecular formula is C26H42N4O6. The molecule has 2 atom stereocenters. The number of hydrogen-bond acceptors (Lipinski definition) is 6. The molecule has 0 aliphatic carbocycles. The van der Waals surface area contributed by atoms with Crippen LogP contribution in [0.3, 0.4) is 0 Å². The summed E-state index contributed by atoms with van der Waals surface area (Å²) in [5.74, 6) is -1.53. The third-order valence-electron chi connectivity index (χ3n) is 5.01. The van der Waals surface area contributed by atoms with Gasteiger partial charge in [0, 0.05) is 18.5 Å². The lowest BCUT2D eigenvalue weighted by Crippen LogP contribution is -2.55. The second kappa shape index (κ2) is 12.6. The van der Waals surface area contributed by atoms with E-state index in [4.69, 9.17) is 10.5 Å². The number of phenolic OH excluding ortho intramolecular Hbond substituents is 1. The maximum Gasteiger partial charge on any atom is 0.408 e. The van der Waals surface area contributed by atoms with Gasteiger partial charge < -0.3 is 31.1 Å². The first-order valence-corrected chi connectivity index (χ1v) is 12.1. The lowest BCUT2D eigenvalue weighted by atomic mass is 9.98. The van der Waals surface area contributed by atoms with Crippen molar-refractivity contribution in [3.05, 3.63) is 29.3 Å². The summed E-state index contributed by atoms with van der Waals surface area (Å²) in [6.45, 7) is 14.3. The highest BCUT2D eigenvalue weighted by atomic mass is 16.6. The highest BCUT2D eigenvalue weighted by Gasteiger charge is 2.37. The largest absolute Gasteiger partial charge is 0.508 e. The third-order valence-corrected chi connectivity index (χ3v) is 5.01. The van der Waals surface area contributed by atoms with Gasteiger partial charge in [0.05, 0.1) is 0 Å². The van der Waals surface area contributed by atoms with Crippen molar-refractivity contribution in [2.24, 2.45) is 5.73 Å². The van der Waals surface area contributed by atoms with E-state index in [1.54, 1.807) is 39.8 Å². The van der Waals surface area contributed by atoms with E-state index < -0.39 is 47.0 Å². The van der Waals surface area contributed by atoms with Crippen LogP contribution in [0.2, 0.25) is 0 Å². The molecule has 0 spiro atoms. The predicted molar refractivity (Wildman–Crippen MR) is 137 cm³/mol. The number of aryl methyl sites for hydroxylation is 1. The highest BCUT2D eigenvalue weighted by Crippen LogP contribution is 2.28. The van der Waals surface area contributed by atoms with Crippen molar-refractivity contribution >= 4 is 23.8 Å².